The van der Waals surface area contributed by atoms with Crippen LogP contribution in [0, 0.1) is 10.1 Å². The van der Waals surface area contributed by atoms with Crippen LogP contribution in [-0.4, -0.2) is 24.2 Å². The summed E-state index contributed by atoms with van der Waals surface area (Å²) in [4.78, 5) is 23.2. The maximum Gasteiger partial charge on any atom is 0.414 e. The fourth-order valence-corrected chi connectivity index (χ4v) is 1.84. The number of carbonyl (C=O) groups excluding carboxylic acids is 1. The van der Waals surface area contributed by atoms with E-state index in [-0.39, 0.29) is 5.69 Å². The number of cyclic esters (lactones) is 1. The molecule has 0 radical (unpaired) electrons. The van der Waals surface area contributed by atoms with Crippen LogP contribution in [0.5, 0.6) is 0 Å². The van der Waals surface area contributed by atoms with Gasteiger partial charge in [-0.2, -0.15) is 0 Å². The van der Waals surface area contributed by atoms with Crippen molar-refractivity contribution in [2.45, 2.75) is 13.3 Å². The van der Waals surface area contributed by atoms with Gasteiger partial charge in [-0.1, -0.05) is 6.92 Å². The molecule has 0 saturated carbocycles. The van der Waals surface area contributed by atoms with Crippen molar-refractivity contribution in [2.24, 2.45) is 0 Å². The molecule has 1 aliphatic heterocycles. The van der Waals surface area contributed by atoms with E-state index in [2.05, 4.69) is 0 Å². The summed E-state index contributed by atoms with van der Waals surface area (Å²) in [7, 11) is 0. The Balaban J connectivity index is 2.40. The van der Waals surface area contributed by atoms with Gasteiger partial charge in [-0.25, -0.2) is 4.79 Å². The minimum Gasteiger partial charge on any atom is -0.447 e. The van der Waals surface area contributed by atoms with E-state index in [1.807, 2.05) is 6.92 Å². The Kier molecular flexibility index (Phi) is 2.95. The van der Waals surface area contributed by atoms with E-state index in [0.29, 0.717) is 25.3 Å². The van der Waals surface area contributed by atoms with Crippen LogP contribution in [0.3, 0.4) is 0 Å². The van der Waals surface area contributed by atoms with E-state index >= 15 is 0 Å². The zero-order valence-corrected chi connectivity index (χ0v) is 9.38. The molecule has 1 amide bonds. The van der Waals surface area contributed by atoms with E-state index < -0.39 is 11.0 Å². The molecule has 17 heavy (non-hydrogen) atoms. The van der Waals surface area contributed by atoms with Crippen LogP contribution >= 0.6 is 0 Å². The molecule has 2 rings (SSSR count). The molecule has 0 unspecified atom stereocenters. The number of hydrogen-bond donors (Lipinski definition) is 0. The maximum absolute atomic E-state index is 11.4. The van der Waals surface area contributed by atoms with Crippen molar-refractivity contribution in [3.63, 3.8) is 0 Å². The zero-order valence-electron chi connectivity index (χ0n) is 9.38. The van der Waals surface area contributed by atoms with Crippen LogP contribution in [0.4, 0.5) is 16.2 Å². The Morgan fingerprint density at radius 2 is 2.29 bits per heavy atom. The third-order valence-electron chi connectivity index (χ3n) is 2.71. The van der Waals surface area contributed by atoms with Gasteiger partial charge in [0.25, 0.3) is 5.69 Å². The molecular weight excluding hydrogens is 224 g/mol. The largest absolute Gasteiger partial charge is 0.447 e. The van der Waals surface area contributed by atoms with E-state index in [0.717, 1.165) is 5.56 Å². The fraction of sp³-hybridized carbons (Fsp3) is 0.364. The van der Waals surface area contributed by atoms with Crippen molar-refractivity contribution < 1.29 is 14.5 Å². The predicted octanol–water partition coefficient (Wildman–Crippen LogP) is 2.11. The lowest BCUT2D eigenvalue weighted by molar-refractivity contribution is -0.384. The summed E-state index contributed by atoms with van der Waals surface area (Å²) in [6, 6.07) is 4.50. The highest BCUT2D eigenvalue weighted by Gasteiger charge is 2.26. The highest BCUT2D eigenvalue weighted by atomic mass is 16.6. The van der Waals surface area contributed by atoms with Gasteiger partial charge in [0.2, 0.25) is 0 Å². The molecule has 0 spiro atoms. The minimum atomic E-state index is -0.439. The SMILES string of the molecule is CCc1cc([N+](=O)[O-])ccc1N1CCOC1=O. The van der Waals surface area contributed by atoms with Crippen LogP contribution in [-0.2, 0) is 11.2 Å². The minimum absolute atomic E-state index is 0.0400. The molecular formula is C11H12N2O4. The van der Waals surface area contributed by atoms with Gasteiger partial charge in [-0.15, -0.1) is 0 Å². The lowest BCUT2D eigenvalue weighted by Crippen LogP contribution is -2.24. The topological polar surface area (TPSA) is 72.7 Å². The quantitative estimate of drug-likeness (QED) is 0.595. The third kappa shape index (κ3) is 2.06. The highest BCUT2D eigenvalue weighted by molar-refractivity contribution is 5.90. The molecule has 1 aromatic carbocycles. The van der Waals surface area contributed by atoms with Gasteiger partial charge in [0, 0.05) is 12.1 Å². The Hall–Kier alpha value is -2.11. The van der Waals surface area contributed by atoms with Gasteiger partial charge in [-0.3, -0.25) is 15.0 Å². The summed E-state index contributed by atoms with van der Waals surface area (Å²) in [6.45, 7) is 2.74. The van der Waals surface area contributed by atoms with E-state index in [9.17, 15) is 14.9 Å². The molecule has 90 valence electrons. The number of hydrogen-bond acceptors (Lipinski definition) is 4. The second-order valence-corrected chi connectivity index (χ2v) is 3.69. The van der Waals surface area contributed by atoms with Gasteiger partial charge in [0.05, 0.1) is 17.2 Å². The Bertz CT molecular complexity index is 473. The Morgan fingerprint density at radius 1 is 1.53 bits per heavy atom. The van der Waals surface area contributed by atoms with Crippen molar-refractivity contribution in [1.29, 1.82) is 0 Å². The van der Waals surface area contributed by atoms with Crippen molar-refractivity contribution in [3.8, 4) is 0 Å². The second-order valence-electron chi connectivity index (χ2n) is 3.69. The van der Waals surface area contributed by atoms with Crippen LogP contribution in [0.2, 0.25) is 0 Å². The molecule has 0 bridgehead atoms. The molecule has 6 nitrogen and oxygen atoms in total. The van der Waals surface area contributed by atoms with Crippen LogP contribution in [0.25, 0.3) is 0 Å². The van der Waals surface area contributed by atoms with Crippen molar-refractivity contribution in [2.75, 3.05) is 18.1 Å². The molecule has 0 aliphatic carbocycles. The predicted molar refractivity (Wildman–Crippen MR) is 61.2 cm³/mol. The lowest BCUT2D eigenvalue weighted by atomic mass is 10.1. The first-order valence-electron chi connectivity index (χ1n) is 5.35. The van der Waals surface area contributed by atoms with Crippen molar-refractivity contribution >= 4 is 17.5 Å². The van der Waals surface area contributed by atoms with Gasteiger partial charge in [0.1, 0.15) is 6.61 Å². The number of non-ortho nitro benzene ring substituents is 1. The normalized spacial score (nSPS) is 14.9. The summed E-state index contributed by atoms with van der Waals surface area (Å²) < 4.78 is 4.85. The number of nitro benzene ring substituents is 1. The smallest absolute Gasteiger partial charge is 0.414 e. The Labute approximate surface area is 97.9 Å². The molecule has 1 aliphatic rings. The molecule has 6 heteroatoms. The van der Waals surface area contributed by atoms with Gasteiger partial charge in [0.15, 0.2) is 0 Å². The number of anilines is 1. The third-order valence-corrected chi connectivity index (χ3v) is 2.71. The van der Waals surface area contributed by atoms with Crippen LogP contribution < -0.4 is 4.90 Å². The van der Waals surface area contributed by atoms with Gasteiger partial charge < -0.3 is 4.74 Å². The first-order chi connectivity index (χ1) is 8.13. The summed E-state index contributed by atoms with van der Waals surface area (Å²) in [5, 5.41) is 10.7. The molecule has 0 aromatic heterocycles. The van der Waals surface area contributed by atoms with E-state index in [1.54, 1.807) is 6.07 Å². The number of aryl methyl sites for hydroxylation is 1. The summed E-state index contributed by atoms with van der Waals surface area (Å²) in [5.74, 6) is 0. The lowest BCUT2D eigenvalue weighted by Gasteiger charge is -2.16. The molecule has 1 aromatic rings. The Morgan fingerprint density at radius 3 is 2.82 bits per heavy atom. The van der Waals surface area contributed by atoms with E-state index in [1.165, 1.54) is 17.0 Å². The molecule has 0 N–H and O–H groups in total. The average molecular weight is 236 g/mol. The molecule has 1 fully saturated rings. The number of nitro groups is 1. The summed E-state index contributed by atoms with van der Waals surface area (Å²) in [6.07, 6.45) is 0.231. The van der Waals surface area contributed by atoms with Crippen LogP contribution in [0.15, 0.2) is 18.2 Å². The number of benzene rings is 1. The van der Waals surface area contributed by atoms with Crippen LogP contribution in [0.1, 0.15) is 12.5 Å². The van der Waals surface area contributed by atoms with Crippen molar-refractivity contribution in [3.05, 3.63) is 33.9 Å². The molecule has 1 heterocycles. The number of nitrogens with zero attached hydrogens (tertiary/aromatic N) is 2. The van der Waals surface area contributed by atoms with Gasteiger partial charge >= 0.3 is 6.09 Å². The first kappa shape index (κ1) is 11.4. The molecule has 1 saturated heterocycles. The first-order valence-corrected chi connectivity index (χ1v) is 5.35. The number of amides is 1. The van der Waals surface area contributed by atoms with E-state index in [4.69, 9.17) is 4.74 Å². The average Bonchev–Trinajstić information content (AvgIpc) is 2.74. The number of ether oxygens (including phenoxy) is 1. The highest BCUT2D eigenvalue weighted by Crippen LogP contribution is 2.27. The maximum atomic E-state index is 11.4. The monoisotopic (exact) mass is 236 g/mol. The summed E-state index contributed by atoms with van der Waals surface area (Å²) in [5.41, 5.74) is 1.51. The standard InChI is InChI=1S/C11H12N2O4/c1-2-8-7-9(13(15)16)3-4-10(8)12-5-6-17-11(12)14/h3-4,7H,2,5-6H2,1H3. The second kappa shape index (κ2) is 4.40. The molecule has 0 atom stereocenters. The summed E-state index contributed by atoms with van der Waals surface area (Å²) >= 11 is 0. The number of rotatable bonds is 3. The van der Waals surface area contributed by atoms with Crippen molar-refractivity contribution in [1.82, 2.24) is 0 Å². The zero-order chi connectivity index (χ0) is 12.4. The number of carbonyl (C=O) groups is 1. The fourth-order valence-electron chi connectivity index (χ4n) is 1.84. The van der Waals surface area contributed by atoms with Gasteiger partial charge in [-0.05, 0) is 18.1 Å².